The number of carboxylic acids is 1. The lowest BCUT2D eigenvalue weighted by atomic mass is 10.3. The SMILES string of the molecule is O=C(O)C1CC1C=C(F)C(F)F. The van der Waals surface area contributed by atoms with E-state index in [2.05, 4.69) is 0 Å². The molecular formula is C7H7F3O2. The molecule has 1 N–H and O–H groups in total. The van der Waals surface area contributed by atoms with Gasteiger partial charge in [0.15, 0.2) is 5.83 Å². The Morgan fingerprint density at radius 3 is 2.50 bits per heavy atom. The van der Waals surface area contributed by atoms with Gasteiger partial charge < -0.3 is 5.11 Å². The molecule has 0 bridgehead atoms. The van der Waals surface area contributed by atoms with Crippen LogP contribution in [0.4, 0.5) is 13.2 Å². The lowest BCUT2D eigenvalue weighted by molar-refractivity contribution is -0.138. The molecule has 0 heterocycles. The van der Waals surface area contributed by atoms with Crippen molar-refractivity contribution in [2.75, 3.05) is 0 Å². The molecule has 0 saturated heterocycles. The van der Waals surface area contributed by atoms with Crippen LogP contribution < -0.4 is 0 Å². The molecule has 1 aliphatic rings. The predicted molar refractivity (Wildman–Crippen MR) is 34.4 cm³/mol. The molecule has 0 aliphatic heterocycles. The van der Waals surface area contributed by atoms with E-state index in [1.165, 1.54) is 0 Å². The van der Waals surface area contributed by atoms with Crippen molar-refractivity contribution in [2.24, 2.45) is 11.8 Å². The van der Waals surface area contributed by atoms with Crippen molar-refractivity contribution >= 4 is 5.97 Å². The molecule has 1 aliphatic carbocycles. The Hall–Kier alpha value is -1.00. The van der Waals surface area contributed by atoms with Gasteiger partial charge in [0.1, 0.15) is 0 Å². The number of carboxylic acid groups (broad SMARTS) is 1. The van der Waals surface area contributed by atoms with Gasteiger partial charge in [0, 0.05) is 0 Å². The number of hydrogen-bond donors (Lipinski definition) is 1. The van der Waals surface area contributed by atoms with Gasteiger partial charge in [0.05, 0.1) is 5.92 Å². The summed E-state index contributed by atoms with van der Waals surface area (Å²) >= 11 is 0. The summed E-state index contributed by atoms with van der Waals surface area (Å²) in [7, 11) is 0. The highest BCUT2D eigenvalue weighted by molar-refractivity contribution is 5.74. The van der Waals surface area contributed by atoms with Crippen LogP contribution in [-0.4, -0.2) is 17.5 Å². The Kier molecular flexibility index (Phi) is 2.40. The summed E-state index contributed by atoms with van der Waals surface area (Å²) in [4.78, 5) is 10.2. The zero-order chi connectivity index (χ0) is 9.30. The van der Waals surface area contributed by atoms with Crippen LogP contribution in [0, 0.1) is 11.8 Å². The fourth-order valence-electron chi connectivity index (χ4n) is 0.960. The normalized spacial score (nSPS) is 29.2. The minimum absolute atomic E-state index is 0.259. The molecule has 1 saturated carbocycles. The summed E-state index contributed by atoms with van der Waals surface area (Å²) in [5.41, 5.74) is 0. The zero-order valence-corrected chi connectivity index (χ0v) is 6.01. The summed E-state index contributed by atoms with van der Waals surface area (Å²) in [6, 6.07) is 0. The van der Waals surface area contributed by atoms with Crippen molar-refractivity contribution < 1.29 is 23.1 Å². The van der Waals surface area contributed by atoms with Crippen LogP contribution in [-0.2, 0) is 4.79 Å². The summed E-state index contributed by atoms with van der Waals surface area (Å²) in [6.07, 6.45) is -2.17. The molecule has 0 spiro atoms. The van der Waals surface area contributed by atoms with Crippen molar-refractivity contribution in [2.45, 2.75) is 12.8 Å². The van der Waals surface area contributed by atoms with E-state index in [9.17, 15) is 18.0 Å². The molecule has 2 unspecified atom stereocenters. The van der Waals surface area contributed by atoms with Gasteiger partial charge in [-0.2, -0.15) is 0 Å². The number of carbonyl (C=O) groups is 1. The maximum atomic E-state index is 12.2. The standard InChI is InChI=1S/C7H7F3O2/c8-5(6(9)10)2-3-1-4(3)7(11)12/h2-4,6H,1H2,(H,11,12). The maximum Gasteiger partial charge on any atom is 0.307 e. The van der Waals surface area contributed by atoms with Gasteiger partial charge >= 0.3 is 5.97 Å². The molecule has 2 atom stereocenters. The number of alkyl halides is 2. The maximum absolute atomic E-state index is 12.2. The first-order valence-electron chi connectivity index (χ1n) is 3.40. The minimum Gasteiger partial charge on any atom is -0.481 e. The minimum atomic E-state index is -3.12. The largest absolute Gasteiger partial charge is 0.481 e. The first kappa shape index (κ1) is 9.09. The third-order valence-electron chi connectivity index (χ3n) is 1.74. The van der Waals surface area contributed by atoms with E-state index >= 15 is 0 Å². The number of rotatable bonds is 3. The molecule has 2 nitrogen and oxygen atoms in total. The average molecular weight is 180 g/mol. The first-order chi connectivity index (χ1) is 5.52. The van der Waals surface area contributed by atoms with Gasteiger partial charge in [-0.3, -0.25) is 4.79 Å². The fraction of sp³-hybridized carbons (Fsp3) is 0.571. The predicted octanol–water partition coefficient (Wildman–Crippen LogP) is 1.83. The van der Waals surface area contributed by atoms with E-state index in [1.54, 1.807) is 0 Å². The van der Waals surface area contributed by atoms with Gasteiger partial charge in [-0.15, -0.1) is 0 Å². The van der Waals surface area contributed by atoms with E-state index in [4.69, 9.17) is 5.11 Å². The smallest absolute Gasteiger partial charge is 0.307 e. The quantitative estimate of drug-likeness (QED) is 0.719. The highest BCUT2D eigenvalue weighted by atomic mass is 19.3. The van der Waals surface area contributed by atoms with E-state index in [1.807, 2.05) is 0 Å². The van der Waals surface area contributed by atoms with Crippen molar-refractivity contribution in [1.82, 2.24) is 0 Å². The van der Waals surface area contributed by atoms with Crippen LogP contribution in [0.2, 0.25) is 0 Å². The second-order valence-electron chi connectivity index (χ2n) is 2.70. The van der Waals surface area contributed by atoms with E-state index in [0.717, 1.165) is 0 Å². The molecule has 12 heavy (non-hydrogen) atoms. The Balaban J connectivity index is 2.45. The third kappa shape index (κ3) is 1.99. The number of hydrogen-bond acceptors (Lipinski definition) is 1. The highest BCUT2D eigenvalue weighted by Gasteiger charge is 2.42. The van der Waals surface area contributed by atoms with E-state index in [0.29, 0.717) is 6.08 Å². The van der Waals surface area contributed by atoms with Crippen LogP contribution in [0.15, 0.2) is 11.9 Å². The van der Waals surface area contributed by atoms with Crippen LogP contribution >= 0.6 is 0 Å². The fourth-order valence-corrected chi connectivity index (χ4v) is 0.960. The summed E-state index contributed by atoms with van der Waals surface area (Å²) in [5, 5.41) is 8.34. The summed E-state index contributed by atoms with van der Waals surface area (Å²) in [6.45, 7) is 0. The van der Waals surface area contributed by atoms with E-state index in [-0.39, 0.29) is 6.42 Å². The second-order valence-corrected chi connectivity index (χ2v) is 2.70. The monoisotopic (exact) mass is 180 g/mol. The molecule has 0 aromatic carbocycles. The summed E-state index contributed by atoms with van der Waals surface area (Å²) < 4.78 is 35.3. The Morgan fingerprint density at radius 1 is 1.58 bits per heavy atom. The van der Waals surface area contributed by atoms with Crippen LogP contribution in [0.5, 0.6) is 0 Å². The highest BCUT2D eigenvalue weighted by Crippen LogP contribution is 2.41. The van der Waals surface area contributed by atoms with Gasteiger partial charge in [0.2, 0.25) is 0 Å². The lowest BCUT2D eigenvalue weighted by Crippen LogP contribution is -1.99. The zero-order valence-electron chi connectivity index (χ0n) is 6.01. The van der Waals surface area contributed by atoms with E-state index < -0.39 is 30.1 Å². The molecule has 5 heteroatoms. The lowest BCUT2D eigenvalue weighted by Gasteiger charge is -1.92. The van der Waals surface area contributed by atoms with Gasteiger partial charge in [0.25, 0.3) is 6.43 Å². The topological polar surface area (TPSA) is 37.3 Å². The van der Waals surface area contributed by atoms with Gasteiger partial charge in [-0.05, 0) is 18.4 Å². The van der Waals surface area contributed by atoms with Crippen molar-refractivity contribution in [3.8, 4) is 0 Å². The Bertz CT molecular complexity index is 225. The number of aliphatic carboxylic acids is 1. The molecule has 0 radical (unpaired) electrons. The first-order valence-corrected chi connectivity index (χ1v) is 3.40. The van der Waals surface area contributed by atoms with Gasteiger partial charge in [-0.25, -0.2) is 13.2 Å². The number of allylic oxidation sites excluding steroid dienone is 2. The van der Waals surface area contributed by atoms with Crippen molar-refractivity contribution in [3.63, 3.8) is 0 Å². The third-order valence-corrected chi connectivity index (χ3v) is 1.74. The van der Waals surface area contributed by atoms with Crippen LogP contribution in [0.3, 0.4) is 0 Å². The Labute approximate surface area is 66.7 Å². The van der Waals surface area contributed by atoms with Crippen LogP contribution in [0.25, 0.3) is 0 Å². The molecule has 1 fully saturated rings. The molecule has 68 valence electrons. The second kappa shape index (κ2) is 3.16. The van der Waals surface area contributed by atoms with Crippen LogP contribution in [0.1, 0.15) is 6.42 Å². The van der Waals surface area contributed by atoms with Crippen molar-refractivity contribution in [1.29, 1.82) is 0 Å². The summed E-state index contributed by atoms with van der Waals surface area (Å²) in [5.74, 6) is -3.80. The molecular weight excluding hydrogens is 173 g/mol. The average Bonchev–Trinajstić information content (AvgIpc) is 2.67. The number of halogens is 3. The van der Waals surface area contributed by atoms with Gasteiger partial charge in [-0.1, -0.05) is 0 Å². The Morgan fingerprint density at radius 2 is 2.17 bits per heavy atom. The molecule has 1 rings (SSSR count). The molecule has 0 amide bonds. The molecule has 0 aromatic heterocycles. The molecule has 0 aromatic rings. The van der Waals surface area contributed by atoms with Crippen molar-refractivity contribution in [3.05, 3.63) is 11.9 Å².